The van der Waals surface area contributed by atoms with E-state index in [1.165, 1.54) is 0 Å². The van der Waals surface area contributed by atoms with Gasteiger partial charge in [-0.15, -0.1) is 0 Å². The molecule has 1 N–H and O–H groups in total. The fourth-order valence-electron chi connectivity index (χ4n) is 1.57. The maximum absolute atomic E-state index is 11.4. The zero-order chi connectivity index (χ0) is 9.84. The quantitative estimate of drug-likeness (QED) is 0.659. The zero-order valence-corrected chi connectivity index (χ0v) is 8.54. The molecule has 4 nitrogen and oxygen atoms in total. The van der Waals surface area contributed by atoms with Crippen molar-refractivity contribution in [3.63, 3.8) is 0 Å². The molecule has 1 aliphatic rings. The summed E-state index contributed by atoms with van der Waals surface area (Å²) in [5, 5.41) is 2.65. The number of nitrogens with one attached hydrogen (secondary N) is 1. The standard InChI is InChI=1S/C9H18N2O2/c1-4-8-6-13-7(2)5-11(8)9(12)10-3/h7-8H,4-6H2,1-3H3,(H,10,12). The topological polar surface area (TPSA) is 41.6 Å². The lowest BCUT2D eigenvalue weighted by Gasteiger charge is -2.37. The van der Waals surface area contributed by atoms with Crippen LogP contribution in [-0.4, -0.2) is 43.3 Å². The Bertz CT molecular complexity index is 184. The number of ether oxygens (including phenoxy) is 1. The number of carbonyl (C=O) groups excluding carboxylic acids is 1. The van der Waals surface area contributed by atoms with Gasteiger partial charge in [-0.1, -0.05) is 6.92 Å². The SMILES string of the molecule is CCC1COC(C)CN1C(=O)NC. The second kappa shape index (κ2) is 4.46. The van der Waals surface area contributed by atoms with Gasteiger partial charge in [0.05, 0.1) is 18.8 Å². The van der Waals surface area contributed by atoms with Gasteiger partial charge in [0, 0.05) is 13.6 Å². The second-order valence-corrected chi connectivity index (χ2v) is 3.41. The minimum absolute atomic E-state index is 0.00185. The zero-order valence-electron chi connectivity index (χ0n) is 8.54. The number of urea groups is 1. The Morgan fingerprint density at radius 1 is 1.69 bits per heavy atom. The van der Waals surface area contributed by atoms with Crippen molar-refractivity contribution in [2.24, 2.45) is 0 Å². The van der Waals surface area contributed by atoms with E-state index < -0.39 is 0 Å². The molecule has 0 radical (unpaired) electrons. The summed E-state index contributed by atoms with van der Waals surface area (Å²) in [6.07, 6.45) is 1.10. The van der Waals surface area contributed by atoms with Crippen molar-refractivity contribution in [1.29, 1.82) is 0 Å². The molecule has 1 saturated heterocycles. The van der Waals surface area contributed by atoms with Gasteiger partial charge in [0.2, 0.25) is 0 Å². The first-order chi connectivity index (χ1) is 6.19. The van der Waals surface area contributed by atoms with Gasteiger partial charge >= 0.3 is 6.03 Å². The molecular formula is C9H18N2O2. The number of rotatable bonds is 1. The van der Waals surface area contributed by atoms with Crippen molar-refractivity contribution in [3.8, 4) is 0 Å². The van der Waals surface area contributed by atoms with Gasteiger partial charge in [0.15, 0.2) is 0 Å². The molecule has 1 heterocycles. The lowest BCUT2D eigenvalue weighted by atomic mass is 10.1. The van der Waals surface area contributed by atoms with Crippen molar-refractivity contribution in [1.82, 2.24) is 10.2 Å². The Kier molecular flexibility index (Phi) is 3.54. The van der Waals surface area contributed by atoms with Crippen LogP contribution in [0.5, 0.6) is 0 Å². The van der Waals surface area contributed by atoms with E-state index in [0.717, 1.165) is 6.42 Å². The third kappa shape index (κ3) is 2.34. The fraction of sp³-hybridized carbons (Fsp3) is 0.889. The highest BCUT2D eigenvalue weighted by Crippen LogP contribution is 2.13. The van der Waals surface area contributed by atoms with Gasteiger partial charge in [-0.05, 0) is 13.3 Å². The van der Waals surface area contributed by atoms with Crippen LogP contribution in [0.15, 0.2) is 0 Å². The Hall–Kier alpha value is -0.770. The largest absolute Gasteiger partial charge is 0.375 e. The van der Waals surface area contributed by atoms with E-state index in [0.29, 0.717) is 13.2 Å². The molecule has 0 aromatic carbocycles. The normalized spacial score (nSPS) is 28.7. The minimum Gasteiger partial charge on any atom is -0.375 e. The molecule has 4 heteroatoms. The summed E-state index contributed by atoms with van der Waals surface area (Å²) in [7, 11) is 1.66. The molecule has 13 heavy (non-hydrogen) atoms. The molecule has 2 amide bonds. The van der Waals surface area contributed by atoms with Crippen LogP contribution in [0.1, 0.15) is 20.3 Å². The second-order valence-electron chi connectivity index (χ2n) is 3.41. The van der Waals surface area contributed by atoms with Crippen molar-refractivity contribution in [2.75, 3.05) is 20.2 Å². The van der Waals surface area contributed by atoms with E-state index in [9.17, 15) is 4.79 Å². The van der Waals surface area contributed by atoms with Gasteiger partial charge in [-0.2, -0.15) is 0 Å². The van der Waals surface area contributed by atoms with Crippen molar-refractivity contribution in [2.45, 2.75) is 32.4 Å². The maximum atomic E-state index is 11.4. The molecule has 0 bridgehead atoms. The number of nitrogens with zero attached hydrogens (tertiary/aromatic N) is 1. The Labute approximate surface area is 79.2 Å². The number of morpholine rings is 1. The van der Waals surface area contributed by atoms with Gasteiger partial charge in [0.25, 0.3) is 0 Å². The summed E-state index contributed by atoms with van der Waals surface area (Å²) < 4.78 is 5.48. The Morgan fingerprint density at radius 2 is 2.38 bits per heavy atom. The molecule has 0 spiro atoms. The van der Waals surface area contributed by atoms with E-state index in [1.54, 1.807) is 7.05 Å². The van der Waals surface area contributed by atoms with Gasteiger partial charge < -0.3 is 15.0 Å². The Balaban J connectivity index is 2.59. The minimum atomic E-state index is 0.00185. The summed E-state index contributed by atoms with van der Waals surface area (Å²) in [6.45, 7) is 5.41. The van der Waals surface area contributed by atoms with E-state index >= 15 is 0 Å². The predicted molar refractivity (Wildman–Crippen MR) is 50.7 cm³/mol. The van der Waals surface area contributed by atoms with E-state index in [4.69, 9.17) is 4.74 Å². The van der Waals surface area contributed by atoms with E-state index in [-0.39, 0.29) is 18.2 Å². The smallest absolute Gasteiger partial charge is 0.317 e. The maximum Gasteiger partial charge on any atom is 0.317 e. The first-order valence-electron chi connectivity index (χ1n) is 4.79. The number of amides is 2. The summed E-state index contributed by atoms with van der Waals surface area (Å²) in [5.41, 5.74) is 0. The molecule has 1 aliphatic heterocycles. The Morgan fingerprint density at radius 3 is 2.92 bits per heavy atom. The lowest BCUT2D eigenvalue weighted by molar-refractivity contribution is -0.0375. The monoisotopic (exact) mass is 186 g/mol. The van der Waals surface area contributed by atoms with Gasteiger partial charge in [-0.25, -0.2) is 4.79 Å². The van der Waals surface area contributed by atoms with Crippen LogP contribution in [-0.2, 0) is 4.74 Å². The average Bonchev–Trinajstić information content (AvgIpc) is 2.16. The summed E-state index contributed by atoms with van der Waals surface area (Å²) in [6, 6.07) is 0.234. The molecular weight excluding hydrogens is 168 g/mol. The van der Waals surface area contributed by atoms with Crippen LogP contribution in [0.25, 0.3) is 0 Å². The molecule has 76 valence electrons. The molecule has 2 atom stereocenters. The number of hydrogen-bond acceptors (Lipinski definition) is 2. The molecule has 2 unspecified atom stereocenters. The average molecular weight is 186 g/mol. The van der Waals surface area contributed by atoms with Crippen LogP contribution >= 0.6 is 0 Å². The molecule has 0 aromatic heterocycles. The van der Waals surface area contributed by atoms with Crippen LogP contribution in [0, 0.1) is 0 Å². The van der Waals surface area contributed by atoms with Crippen LogP contribution in [0.3, 0.4) is 0 Å². The molecule has 0 aromatic rings. The predicted octanol–water partition coefficient (Wildman–Crippen LogP) is 0.825. The highest BCUT2D eigenvalue weighted by molar-refractivity contribution is 5.74. The highest BCUT2D eigenvalue weighted by Gasteiger charge is 2.28. The number of carbonyl (C=O) groups is 1. The van der Waals surface area contributed by atoms with Crippen LogP contribution in [0.2, 0.25) is 0 Å². The third-order valence-electron chi connectivity index (χ3n) is 2.41. The van der Waals surface area contributed by atoms with Crippen molar-refractivity contribution >= 4 is 6.03 Å². The fourth-order valence-corrected chi connectivity index (χ4v) is 1.57. The van der Waals surface area contributed by atoms with E-state index in [1.807, 2.05) is 11.8 Å². The van der Waals surface area contributed by atoms with E-state index in [2.05, 4.69) is 12.2 Å². The highest BCUT2D eigenvalue weighted by atomic mass is 16.5. The molecule has 0 aliphatic carbocycles. The summed E-state index contributed by atoms with van der Waals surface area (Å²) >= 11 is 0. The van der Waals surface area contributed by atoms with Crippen molar-refractivity contribution in [3.05, 3.63) is 0 Å². The molecule has 1 fully saturated rings. The van der Waals surface area contributed by atoms with Crippen LogP contribution < -0.4 is 5.32 Å². The van der Waals surface area contributed by atoms with Crippen molar-refractivity contribution < 1.29 is 9.53 Å². The molecule has 0 saturated carbocycles. The van der Waals surface area contributed by atoms with Gasteiger partial charge in [0.1, 0.15) is 0 Å². The third-order valence-corrected chi connectivity index (χ3v) is 2.41. The molecule has 1 rings (SSSR count). The number of hydrogen-bond donors (Lipinski definition) is 1. The first kappa shape index (κ1) is 10.3. The first-order valence-corrected chi connectivity index (χ1v) is 4.79. The summed E-state index contributed by atoms with van der Waals surface area (Å²) in [4.78, 5) is 13.3. The van der Waals surface area contributed by atoms with Crippen LogP contribution in [0.4, 0.5) is 4.79 Å². The van der Waals surface area contributed by atoms with Gasteiger partial charge in [-0.3, -0.25) is 0 Å². The summed E-state index contributed by atoms with van der Waals surface area (Å²) in [5.74, 6) is 0. The lowest BCUT2D eigenvalue weighted by Crippen LogP contribution is -2.53.